The highest BCUT2D eigenvalue weighted by atomic mass is 16.5. The Morgan fingerprint density at radius 2 is 2.32 bits per heavy atom. The Labute approximate surface area is 110 Å². The molecule has 102 valence electrons. The van der Waals surface area contributed by atoms with Crippen molar-refractivity contribution in [3.63, 3.8) is 0 Å². The highest BCUT2D eigenvalue weighted by molar-refractivity contribution is 5.92. The van der Waals surface area contributed by atoms with Crippen LogP contribution in [0.1, 0.15) is 19.0 Å². The smallest absolute Gasteiger partial charge is 0.309 e. The molecule has 1 aromatic heterocycles. The number of rotatable bonds is 4. The predicted molar refractivity (Wildman–Crippen MR) is 67.7 cm³/mol. The number of carbonyl (C=O) groups excluding carboxylic acids is 1. The van der Waals surface area contributed by atoms with Crippen molar-refractivity contribution in [3.8, 4) is 0 Å². The van der Waals surface area contributed by atoms with E-state index in [0.717, 1.165) is 6.42 Å². The highest BCUT2D eigenvalue weighted by Crippen LogP contribution is 2.22. The summed E-state index contributed by atoms with van der Waals surface area (Å²) < 4.78 is 5.35. The maximum absolute atomic E-state index is 12.0. The van der Waals surface area contributed by atoms with Gasteiger partial charge in [0, 0.05) is 6.61 Å². The Bertz CT molecular complexity index is 472. The zero-order valence-corrected chi connectivity index (χ0v) is 10.6. The number of ether oxygens (including phenoxy) is 1. The molecule has 2 heterocycles. The molecule has 1 saturated heterocycles. The summed E-state index contributed by atoms with van der Waals surface area (Å²) in [5.74, 6) is -1.15. The number of hydrogen-bond acceptors (Lipinski definition) is 4. The molecule has 2 rings (SSSR count). The number of anilines is 1. The van der Waals surface area contributed by atoms with E-state index in [1.807, 2.05) is 6.92 Å². The first kappa shape index (κ1) is 13.5. The van der Waals surface area contributed by atoms with Gasteiger partial charge >= 0.3 is 5.97 Å². The van der Waals surface area contributed by atoms with Gasteiger partial charge < -0.3 is 15.2 Å². The quantitative estimate of drug-likeness (QED) is 0.849. The van der Waals surface area contributed by atoms with Crippen molar-refractivity contribution in [2.24, 2.45) is 5.92 Å². The molecule has 1 aliphatic heterocycles. The second-order valence-electron chi connectivity index (χ2n) is 4.57. The Morgan fingerprint density at radius 1 is 1.53 bits per heavy atom. The van der Waals surface area contributed by atoms with Gasteiger partial charge in [-0.3, -0.25) is 14.6 Å². The van der Waals surface area contributed by atoms with Gasteiger partial charge in [0.05, 0.1) is 36.0 Å². The molecule has 1 aliphatic rings. The minimum absolute atomic E-state index is 0.0701. The molecular formula is C13H16N2O4. The van der Waals surface area contributed by atoms with E-state index < -0.39 is 5.97 Å². The second-order valence-corrected chi connectivity index (χ2v) is 4.57. The van der Waals surface area contributed by atoms with Crippen LogP contribution in [0.5, 0.6) is 0 Å². The van der Waals surface area contributed by atoms with Crippen molar-refractivity contribution in [3.05, 3.63) is 24.0 Å². The minimum atomic E-state index is -0.929. The van der Waals surface area contributed by atoms with Crippen molar-refractivity contribution in [1.82, 2.24) is 4.98 Å². The molecule has 0 aromatic carbocycles. The SMILES string of the molecule is CC1OCCC1C(=O)Nc1ccc(CC(=O)O)nc1. The summed E-state index contributed by atoms with van der Waals surface area (Å²) in [4.78, 5) is 26.5. The molecule has 19 heavy (non-hydrogen) atoms. The molecule has 1 fully saturated rings. The third-order valence-corrected chi connectivity index (χ3v) is 3.14. The topological polar surface area (TPSA) is 88.5 Å². The fraction of sp³-hybridized carbons (Fsp3) is 0.462. The Morgan fingerprint density at radius 3 is 2.84 bits per heavy atom. The van der Waals surface area contributed by atoms with Gasteiger partial charge in [-0.2, -0.15) is 0 Å². The van der Waals surface area contributed by atoms with Crippen LogP contribution in [0.3, 0.4) is 0 Å². The number of aliphatic carboxylic acids is 1. The summed E-state index contributed by atoms with van der Waals surface area (Å²) in [5, 5.41) is 11.4. The average molecular weight is 264 g/mol. The van der Waals surface area contributed by atoms with Crippen molar-refractivity contribution < 1.29 is 19.4 Å². The van der Waals surface area contributed by atoms with E-state index in [2.05, 4.69) is 10.3 Å². The highest BCUT2D eigenvalue weighted by Gasteiger charge is 2.30. The van der Waals surface area contributed by atoms with Gasteiger partial charge in [-0.1, -0.05) is 0 Å². The summed E-state index contributed by atoms with van der Waals surface area (Å²) in [6.45, 7) is 2.49. The van der Waals surface area contributed by atoms with E-state index in [4.69, 9.17) is 9.84 Å². The first-order chi connectivity index (χ1) is 9.06. The van der Waals surface area contributed by atoms with Crippen LogP contribution >= 0.6 is 0 Å². The van der Waals surface area contributed by atoms with Gasteiger partial charge in [-0.05, 0) is 25.5 Å². The molecule has 6 heteroatoms. The van der Waals surface area contributed by atoms with Crippen molar-refractivity contribution >= 4 is 17.6 Å². The molecule has 0 aliphatic carbocycles. The molecule has 1 amide bonds. The van der Waals surface area contributed by atoms with Crippen LogP contribution in [-0.4, -0.2) is 34.7 Å². The van der Waals surface area contributed by atoms with Crippen LogP contribution in [0.15, 0.2) is 18.3 Å². The van der Waals surface area contributed by atoms with Crippen molar-refractivity contribution in [1.29, 1.82) is 0 Å². The Kier molecular flexibility index (Phi) is 4.11. The number of hydrogen-bond donors (Lipinski definition) is 2. The van der Waals surface area contributed by atoms with Crippen LogP contribution < -0.4 is 5.32 Å². The van der Waals surface area contributed by atoms with E-state index in [9.17, 15) is 9.59 Å². The molecule has 0 bridgehead atoms. The van der Waals surface area contributed by atoms with Gasteiger partial charge in [-0.25, -0.2) is 0 Å². The fourth-order valence-corrected chi connectivity index (χ4v) is 2.07. The van der Waals surface area contributed by atoms with Crippen LogP contribution in [0.25, 0.3) is 0 Å². The van der Waals surface area contributed by atoms with Gasteiger partial charge in [-0.15, -0.1) is 0 Å². The van der Waals surface area contributed by atoms with Crippen molar-refractivity contribution in [2.45, 2.75) is 25.9 Å². The zero-order chi connectivity index (χ0) is 13.8. The lowest BCUT2D eigenvalue weighted by Crippen LogP contribution is -2.27. The molecule has 6 nitrogen and oxygen atoms in total. The van der Waals surface area contributed by atoms with Gasteiger partial charge in [0.25, 0.3) is 0 Å². The van der Waals surface area contributed by atoms with E-state index >= 15 is 0 Å². The number of carboxylic acid groups (broad SMARTS) is 1. The molecule has 2 unspecified atom stereocenters. The zero-order valence-electron chi connectivity index (χ0n) is 10.6. The molecule has 0 radical (unpaired) electrons. The second kappa shape index (κ2) is 5.79. The van der Waals surface area contributed by atoms with E-state index in [1.54, 1.807) is 12.1 Å². The number of nitrogens with zero attached hydrogens (tertiary/aromatic N) is 1. The Hall–Kier alpha value is -1.95. The summed E-state index contributed by atoms with van der Waals surface area (Å²) >= 11 is 0. The normalized spacial score (nSPS) is 22.2. The summed E-state index contributed by atoms with van der Waals surface area (Å²) in [6.07, 6.45) is 2.00. The fourth-order valence-electron chi connectivity index (χ4n) is 2.07. The van der Waals surface area contributed by atoms with Crippen molar-refractivity contribution in [2.75, 3.05) is 11.9 Å². The van der Waals surface area contributed by atoms with Crippen LogP contribution in [0, 0.1) is 5.92 Å². The number of aromatic nitrogens is 1. The van der Waals surface area contributed by atoms with E-state index in [0.29, 0.717) is 18.0 Å². The maximum atomic E-state index is 12.0. The third-order valence-electron chi connectivity index (χ3n) is 3.14. The van der Waals surface area contributed by atoms with Gasteiger partial charge in [0.15, 0.2) is 0 Å². The molecule has 1 aromatic rings. The average Bonchev–Trinajstić information content (AvgIpc) is 2.77. The standard InChI is InChI=1S/C13H16N2O4/c1-8-11(4-5-19-8)13(18)15-10-3-2-9(14-7-10)6-12(16)17/h2-3,7-8,11H,4-6H2,1H3,(H,15,18)(H,16,17). The Balaban J connectivity index is 1.95. The summed E-state index contributed by atoms with van der Waals surface area (Å²) in [5.41, 5.74) is 1.03. The van der Waals surface area contributed by atoms with Crippen LogP contribution in [0.2, 0.25) is 0 Å². The lowest BCUT2D eigenvalue weighted by molar-refractivity contribution is -0.136. The first-order valence-corrected chi connectivity index (χ1v) is 6.15. The molecule has 0 saturated carbocycles. The monoisotopic (exact) mass is 264 g/mol. The lowest BCUT2D eigenvalue weighted by atomic mass is 10.0. The largest absolute Gasteiger partial charge is 0.481 e. The van der Waals surface area contributed by atoms with Crippen LogP contribution in [-0.2, 0) is 20.7 Å². The number of carbonyl (C=O) groups is 2. The predicted octanol–water partition coefficient (Wildman–Crippen LogP) is 1.07. The summed E-state index contributed by atoms with van der Waals surface area (Å²) in [7, 11) is 0. The third kappa shape index (κ3) is 3.51. The number of pyridine rings is 1. The van der Waals surface area contributed by atoms with E-state index in [-0.39, 0.29) is 24.3 Å². The molecule has 2 atom stereocenters. The maximum Gasteiger partial charge on any atom is 0.309 e. The van der Waals surface area contributed by atoms with Crippen LogP contribution in [0.4, 0.5) is 5.69 Å². The van der Waals surface area contributed by atoms with Gasteiger partial charge in [0.2, 0.25) is 5.91 Å². The van der Waals surface area contributed by atoms with E-state index in [1.165, 1.54) is 6.20 Å². The molecular weight excluding hydrogens is 248 g/mol. The molecule has 0 spiro atoms. The number of carboxylic acids is 1. The van der Waals surface area contributed by atoms with Gasteiger partial charge in [0.1, 0.15) is 0 Å². The molecule has 2 N–H and O–H groups in total. The number of amides is 1. The number of nitrogens with one attached hydrogen (secondary N) is 1. The lowest BCUT2D eigenvalue weighted by Gasteiger charge is -2.13. The summed E-state index contributed by atoms with van der Waals surface area (Å²) in [6, 6.07) is 3.25. The first-order valence-electron chi connectivity index (χ1n) is 6.15. The minimum Gasteiger partial charge on any atom is -0.481 e.